The lowest BCUT2D eigenvalue weighted by Gasteiger charge is -2.36. The number of aromatic nitrogens is 1. The van der Waals surface area contributed by atoms with Gasteiger partial charge in [0.05, 0.1) is 21.0 Å². The molecular weight excluding hydrogens is 889 g/mol. The van der Waals surface area contributed by atoms with Gasteiger partial charge in [0.2, 0.25) is 0 Å². The number of benzene rings is 11. The van der Waals surface area contributed by atoms with Crippen LogP contribution in [0.15, 0.2) is 279 Å². The number of hydrogen-bond donors (Lipinski definition) is 0. The monoisotopic (exact) mass is 934 g/mol. The number of hydrogen-bond acceptors (Lipinski definition) is 3. The van der Waals surface area contributed by atoms with E-state index >= 15 is 0 Å². The maximum absolute atomic E-state index is 5.24. The minimum absolute atomic E-state index is 0.557. The van der Waals surface area contributed by atoms with Crippen LogP contribution in [0.5, 0.6) is 0 Å². The maximum atomic E-state index is 5.24. The van der Waals surface area contributed by atoms with E-state index < -0.39 is 10.8 Å². The highest BCUT2D eigenvalue weighted by molar-refractivity contribution is 7.21. The number of nitrogens with zero attached hydrogens (tertiary/aromatic N) is 2. The smallest absolute Gasteiger partial charge is 0.124 e. The lowest BCUT2D eigenvalue weighted by Crippen LogP contribution is -2.29. The van der Waals surface area contributed by atoms with Gasteiger partial charge in [-0.25, -0.2) is 4.98 Å². The fraction of sp³-hybridized carbons (Fsp3) is 0.0290. The zero-order chi connectivity index (χ0) is 47.6. The Labute approximate surface area is 424 Å². The molecule has 11 aromatic carbocycles. The molecule has 0 saturated carbocycles. The van der Waals surface area contributed by atoms with Gasteiger partial charge in [0, 0.05) is 22.6 Å². The van der Waals surface area contributed by atoms with E-state index in [9.17, 15) is 0 Å². The van der Waals surface area contributed by atoms with E-state index in [1.54, 1.807) is 11.3 Å². The van der Waals surface area contributed by atoms with Crippen molar-refractivity contribution in [3.05, 3.63) is 324 Å². The van der Waals surface area contributed by atoms with Crippen molar-refractivity contribution in [2.45, 2.75) is 10.8 Å². The number of thiazole rings is 1. The van der Waals surface area contributed by atoms with Crippen LogP contribution < -0.4 is 4.90 Å². The highest BCUT2D eigenvalue weighted by Crippen LogP contribution is 2.59. The zero-order valence-corrected chi connectivity index (χ0v) is 40.2. The Morgan fingerprint density at radius 3 is 1.12 bits per heavy atom. The standard InChI is InChI=1S/C69H46N2S/c1-6-20-47(21-7-1)48-34-36-49(37-35-48)67-70-65-43-40-56(46-66(65)72-67)71(54-38-41-59-57-30-16-18-32-61(57)68(63(59)44-54,50-22-8-2-9-23-50)51-24-10-3-11-25-51)55-39-42-60-58-31-17-19-33-62(58)69(64(60)45-55,52-26-12-4-13-27-52)53-28-14-5-15-29-53/h1-46H. The molecule has 0 amide bonds. The average Bonchev–Trinajstić information content (AvgIpc) is 4.12. The van der Waals surface area contributed by atoms with E-state index in [4.69, 9.17) is 4.98 Å². The summed E-state index contributed by atoms with van der Waals surface area (Å²) in [6, 6.07) is 103. The van der Waals surface area contributed by atoms with E-state index in [2.05, 4.69) is 284 Å². The highest BCUT2D eigenvalue weighted by atomic mass is 32.1. The minimum atomic E-state index is -0.557. The van der Waals surface area contributed by atoms with Gasteiger partial charge in [-0.1, -0.05) is 237 Å². The van der Waals surface area contributed by atoms with Crippen molar-refractivity contribution in [3.8, 4) is 44.0 Å². The molecule has 72 heavy (non-hydrogen) atoms. The second-order valence-electron chi connectivity index (χ2n) is 19.0. The molecule has 12 aromatic rings. The lowest BCUT2D eigenvalue weighted by atomic mass is 9.67. The first-order chi connectivity index (χ1) is 35.7. The molecule has 14 rings (SSSR count). The largest absolute Gasteiger partial charge is 0.310 e. The quantitative estimate of drug-likeness (QED) is 0.143. The third-order valence-electron chi connectivity index (χ3n) is 15.3. The Bertz CT molecular complexity index is 3700. The summed E-state index contributed by atoms with van der Waals surface area (Å²) in [5.74, 6) is 0. The van der Waals surface area contributed by atoms with Crippen LogP contribution in [0.4, 0.5) is 17.1 Å². The van der Waals surface area contributed by atoms with E-state index in [0.717, 1.165) is 37.8 Å². The van der Waals surface area contributed by atoms with Gasteiger partial charge in [-0.05, 0) is 120 Å². The summed E-state index contributed by atoms with van der Waals surface area (Å²) < 4.78 is 1.13. The predicted octanol–water partition coefficient (Wildman–Crippen LogP) is 17.8. The molecule has 338 valence electrons. The van der Waals surface area contributed by atoms with Gasteiger partial charge in [0.15, 0.2) is 0 Å². The Morgan fingerprint density at radius 2 is 0.653 bits per heavy atom. The fourth-order valence-corrected chi connectivity index (χ4v) is 13.2. The first-order valence-corrected chi connectivity index (χ1v) is 25.6. The van der Waals surface area contributed by atoms with Crippen molar-refractivity contribution in [3.63, 3.8) is 0 Å². The summed E-state index contributed by atoms with van der Waals surface area (Å²) in [6.45, 7) is 0. The highest BCUT2D eigenvalue weighted by Gasteiger charge is 2.48. The Balaban J connectivity index is 1.00. The van der Waals surface area contributed by atoms with Gasteiger partial charge in [0.1, 0.15) is 5.01 Å². The molecule has 0 N–H and O–H groups in total. The van der Waals surface area contributed by atoms with Crippen molar-refractivity contribution in [1.29, 1.82) is 0 Å². The number of anilines is 3. The van der Waals surface area contributed by atoms with Crippen LogP contribution in [0.2, 0.25) is 0 Å². The molecule has 2 aliphatic carbocycles. The summed E-state index contributed by atoms with van der Waals surface area (Å²) >= 11 is 1.75. The predicted molar refractivity (Wildman–Crippen MR) is 300 cm³/mol. The number of fused-ring (bicyclic) bond motifs is 7. The van der Waals surface area contributed by atoms with Gasteiger partial charge in [0.25, 0.3) is 0 Å². The first-order valence-electron chi connectivity index (χ1n) is 24.8. The van der Waals surface area contributed by atoms with Crippen LogP contribution >= 0.6 is 11.3 Å². The van der Waals surface area contributed by atoms with Crippen LogP contribution in [0, 0.1) is 0 Å². The van der Waals surface area contributed by atoms with Crippen LogP contribution in [0.3, 0.4) is 0 Å². The Kier molecular flexibility index (Phi) is 9.87. The molecule has 0 radical (unpaired) electrons. The average molecular weight is 935 g/mol. The van der Waals surface area contributed by atoms with Crippen molar-refractivity contribution in [1.82, 2.24) is 4.98 Å². The summed E-state index contributed by atoms with van der Waals surface area (Å²) in [5.41, 5.74) is 21.7. The molecule has 3 heteroatoms. The molecule has 0 unspecified atom stereocenters. The van der Waals surface area contributed by atoms with Crippen molar-refractivity contribution in [2.75, 3.05) is 4.90 Å². The van der Waals surface area contributed by atoms with E-state index in [-0.39, 0.29) is 0 Å². The zero-order valence-electron chi connectivity index (χ0n) is 39.4. The number of rotatable bonds is 9. The van der Waals surface area contributed by atoms with Crippen molar-refractivity contribution in [2.24, 2.45) is 0 Å². The maximum Gasteiger partial charge on any atom is 0.124 e. The van der Waals surface area contributed by atoms with Crippen molar-refractivity contribution >= 4 is 38.6 Å². The third kappa shape index (κ3) is 6.37. The Morgan fingerprint density at radius 1 is 0.292 bits per heavy atom. The first kappa shape index (κ1) is 42.0. The van der Waals surface area contributed by atoms with E-state index in [0.29, 0.717) is 0 Å². The molecule has 0 bridgehead atoms. The molecule has 1 heterocycles. The SMILES string of the molecule is c1ccc(-c2ccc(-c3nc4ccc(N(c5ccc6c(c5)C(c5ccccc5)(c5ccccc5)c5ccccc5-6)c5ccc6c(c5)C(c5ccccc5)(c5ccccc5)c5ccccc5-6)cc4s3)cc2)cc1. The molecule has 0 spiro atoms. The van der Waals surface area contributed by atoms with Gasteiger partial charge in [-0.15, -0.1) is 11.3 Å². The van der Waals surface area contributed by atoms with Gasteiger partial charge in [-0.3, -0.25) is 0 Å². The normalized spacial score (nSPS) is 13.5. The minimum Gasteiger partial charge on any atom is -0.310 e. The summed E-state index contributed by atoms with van der Waals surface area (Å²) in [5, 5.41) is 1.00. The van der Waals surface area contributed by atoms with Crippen molar-refractivity contribution < 1.29 is 0 Å². The molecule has 0 fully saturated rings. The topological polar surface area (TPSA) is 16.1 Å². The van der Waals surface area contributed by atoms with Gasteiger partial charge in [-0.2, -0.15) is 0 Å². The van der Waals surface area contributed by atoms with Gasteiger partial charge >= 0.3 is 0 Å². The summed E-state index contributed by atoms with van der Waals surface area (Å²) in [4.78, 5) is 7.73. The molecule has 2 nitrogen and oxygen atoms in total. The molecular formula is C69H46N2S. The van der Waals surface area contributed by atoms with E-state index in [1.165, 1.54) is 77.9 Å². The molecule has 0 saturated heterocycles. The van der Waals surface area contributed by atoms with Crippen LogP contribution in [0.1, 0.15) is 44.5 Å². The molecule has 2 aliphatic rings. The molecule has 1 aromatic heterocycles. The second-order valence-corrected chi connectivity index (χ2v) is 20.0. The van der Waals surface area contributed by atoms with Gasteiger partial charge < -0.3 is 4.90 Å². The van der Waals surface area contributed by atoms with E-state index in [1.807, 2.05) is 0 Å². The summed E-state index contributed by atoms with van der Waals surface area (Å²) in [6.07, 6.45) is 0. The fourth-order valence-electron chi connectivity index (χ4n) is 12.2. The Hall–Kier alpha value is -8.89. The molecule has 0 atom stereocenters. The second kappa shape index (κ2) is 16.9. The van der Waals surface area contributed by atoms with Crippen LogP contribution in [-0.4, -0.2) is 4.98 Å². The lowest BCUT2D eigenvalue weighted by molar-refractivity contribution is 0.767. The summed E-state index contributed by atoms with van der Waals surface area (Å²) in [7, 11) is 0. The molecule has 0 aliphatic heterocycles. The van der Waals surface area contributed by atoms with Crippen LogP contribution in [0.25, 0.3) is 54.2 Å². The van der Waals surface area contributed by atoms with Crippen LogP contribution in [-0.2, 0) is 10.8 Å². The third-order valence-corrected chi connectivity index (χ3v) is 16.3.